The number of hydrogen-bond acceptors (Lipinski definition) is 5. The number of halogens is 2. The zero-order valence-electron chi connectivity index (χ0n) is 17.9. The second-order valence-corrected chi connectivity index (χ2v) is 8.91. The van der Waals surface area contributed by atoms with E-state index in [4.69, 9.17) is 4.74 Å². The number of hydrazine groups is 1. The van der Waals surface area contributed by atoms with Crippen LogP contribution in [0.4, 0.5) is 10.1 Å². The molecule has 5 rings (SSSR count). The van der Waals surface area contributed by atoms with Gasteiger partial charge in [0.25, 0.3) is 11.8 Å². The minimum Gasteiger partial charge on any atom is -0.496 e. The molecule has 7 nitrogen and oxygen atoms in total. The van der Waals surface area contributed by atoms with Gasteiger partial charge >= 0.3 is 0 Å². The van der Waals surface area contributed by atoms with Gasteiger partial charge < -0.3 is 4.74 Å². The highest BCUT2D eigenvalue weighted by atomic mass is 79.9. The van der Waals surface area contributed by atoms with Gasteiger partial charge in [-0.15, -0.1) is 0 Å². The van der Waals surface area contributed by atoms with Crippen molar-refractivity contribution in [3.63, 3.8) is 0 Å². The van der Waals surface area contributed by atoms with Gasteiger partial charge in [-0.3, -0.25) is 19.4 Å². The van der Waals surface area contributed by atoms with E-state index in [0.717, 1.165) is 11.0 Å². The molecule has 3 amide bonds. The summed E-state index contributed by atoms with van der Waals surface area (Å²) in [6.07, 6.45) is 0. The molecule has 0 radical (unpaired) electrons. The van der Waals surface area contributed by atoms with E-state index in [1.165, 1.54) is 30.3 Å². The number of ether oxygens (including phenoxy) is 1. The number of nitrogens with one attached hydrogen (secondary N) is 1. The Kier molecular flexibility index (Phi) is 5.66. The Balaban J connectivity index is 1.61. The van der Waals surface area contributed by atoms with Gasteiger partial charge in [0.1, 0.15) is 17.6 Å². The molecule has 0 aromatic heterocycles. The molecule has 0 bridgehead atoms. The van der Waals surface area contributed by atoms with Gasteiger partial charge in [0.05, 0.1) is 24.8 Å². The summed E-state index contributed by atoms with van der Waals surface area (Å²) in [4.78, 5) is 41.6. The van der Waals surface area contributed by atoms with Gasteiger partial charge in [-0.25, -0.2) is 14.7 Å². The fourth-order valence-corrected chi connectivity index (χ4v) is 4.99. The van der Waals surface area contributed by atoms with Gasteiger partial charge in [-0.05, 0) is 42.5 Å². The number of methoxy groups -OCH3 is 1. The van der Waals surface area contributed by atoms with Crippen molar-refractivity contribution < 1.29 is 23.5 Å². The average molecular weight is 524 g/mol. The number of nitrogens with zero attached hydrogens (tertiary/aromatic N) is 2. The number of carbonyl (C=O) groups is 3. The van der Waals surface area contributed by atoms with Crippen LogP contribution in [0.5, 0.6) is 5.75 Å². The highest BCUT2D eigenvalue weighted by molar-refractivity contribution is 9.10. The number of hydrogen-bond donors (Lipinski definition) is 1. The Morgan fingerprint density at radius 3 is 2.50 bits per heavy atom. The Labute approximate surface area is 203 Å². The monoisotopic (exact) mass is 523 g/mol. The molecular weight excluding hydrogens is 505 g/mol. The van der Waals surface area contributed by atoms with E-state index in [9.17, 15) is 18.8 Å². The van der Waals surface area contributed by atoms with Crippen molar-refractivity contribution in [2.45, 2.75) is 12.1 Å². The topological polar surface area (TPSA) is 79.0 Å². The zero-order valence-corrected chi connectivity index (χ0v) is 19.5. The number of fused-ring (bicyclic) bond motifs is 1. The lowest BCUT2D eigenvalue weighted by atomic mass is 9.90. The summed E-state index contributed by atoms with van der Waals surface area (Å²) in [5.74, 6) is -2.57. The summed E-state index contributed by atoms with van der Waals surface area (Å²) in [6.45, 7) is 0. The van der Waals surface area contributed by atoms with Crippen LogP contribution in [0.3, 0.4) is 0 Å². The fourth-order valence-electron chi connectivity index (χ4n) is 4.59. The maximum absolute atomic E-state index is 13.9. The maximum atomic E-state index is 13.9. The highest BCUT2D eigenvalue weighted by Crippen LogP contribution is 2.44. The molecule has 3 aromatic carbocycles. The molecule has 2 fully saturated rings. The number of amides is 3. The van der Waals surface area contributed by atoms with E-state index in [1.54, 1.807) is 48.5 Å². The third kappa shape index (κ3) is 3.57. The smallest absolute Gasteiger partial charge is 0.268 e. The van der Waals surface area contributed by atoms with Crippen LogP contribution in [0.15, 0.2) is 77.3 Å². The first kappa shape index (κ1) is 22.2. The van der Waals surface area contributed by atoms with Gasteiger partial charge in [0.15, 0.2) is 0 Å². The lowest BCUT2D eigenvalue weighted by Crippen LogP contribution is -2.48. The summed E-state index contributed by atoms with van der Waals surface area (Å²) in [5, 5.41) is 1.21. The number of benzene rings is 3. The molecule has 172 valence electrons. The zero-order chi connectivity index (χ0) is 24.0. The van der Waals surface area contributed by atoms with Gasteiger partial charge in [-0.2, -0.15) is 0 Å². The first-order valence-electron chi connectivity index (χ1n) is 10.5. The molecule has 3 aromatic rings. The second-order valence-electron chi connectivity index (χ2n) is 8.00. The average Bonchev–Trinajstić information content (AvgIpc) is 3.35. The molecule has 2 aliphatic heterocycles. The molecule has 3 atom stereocenters. The van der Waals surface area contributed by atoms with Crippen molar-refractivity contribution in [1.29, 1.82) is 0 Å². The molecule has 1 N–H and O–H groups in total. The molecule has 0 unspecified atom stereocenters. The third-order valence-corrected chi connectivity index (χ3v) is 6.56. The molecule has 2 aliphatic rings. The van der Waals surface area contributed by atoms with Crippen molar-refractivity contribution in [3.05, 3.63) is 94.2 Å². The Hall–Kier alpha value is -3.56. The SMILES string of the molecule is COc1ccccc1[C@@H]1NN(C(=O)c2cccc(Br)c2)[C@@H]2C(=O)N(c3cccc(F)c3)C(=O)[C@@H]21. The fraction of sp³-hybridized carbons (Fsp3) is 0.160. The van der Waals surface area contributed by atoms with Crippen LogP contribution in [-0.4, -0.2) is 35.9 Å². The number of carbonyl (C=O) groups excluding carboxylic acids is 3. The highest BCUT2D eigenvalue weighted by Gasteiger charge is 2.60. The predicted octanol–water partition coefficient (Wildman–Crippen LogP) is 3.86. The van der Waals surface area contributed by atoms with Crippen LogP contribution in [-0.2, 0) is 9.59 Å². The van der Waals surface area contributed by atoms with Crippen molar-refractivity contribution in [1.82, 2.24) is 10.4 Å². The molecule has 0 spiro atoms. The standard InChI is InChI=1S/C25H19BrFN3O4/c1-34-19-11-3-2-10-18(19)21-20-22(30(28-21)23(31)14-6-4-7-15(26)12-14)25(33)29(24(20)32)17-9-5-8-16(27)13-17/h2-13,20-22,28H,1H3/t20-,21+,22+/m1/s1. The van der Waals surface area contributed by atoms with Gasteiger partial charge in [0, 0.05) is 15.6 Å². The Morgan fingerprint density at radius 1 is 1.00 bits per heavy atom. The number of anilines is 1. The van der Waals surface area contributed by atoms with E-state index < -0.39 is 41.5 Å². The minimum atomic E-state index is -1.11. The van der Waals surface area contributed by atoms with E-state index >= 15 is 0 Å². The summed E-state index contributed by atoms with van der Waals surface area (Å²) in [6, 6.07) is 17.3. The Morgan fingerprint density at radius 2 is 1.76 bits per heavy atom. The second kappa shape index (κ2) is 8.66. The van der Waals surface area contributed by atoms with E-state index in [2.05, 4.69) is 21.4 Å². The number of para-hydroxylation sites is 1. The van der Waals surface area contributed by atoms with E-state index in [1.807, 2.05) is 0 Å². The quantitative estimate of drug-likeness (QED) is 0.525. The van der Waals surface area contributed by atoms with Crippen LogP contribution >= 0.6 is 15.9 Å². The van der Waals surface area contributed by atoms with Crippen LogP contribution < -0.4 is 15.1 Å². The number of imide groups is 1. The van der Waals surface area contributed by atoms with Crippen molar-refractivity contribution in [2.75, 3.05) is 12.0 Å². The van der Waals surface area contributed by atoms with Crippen LogP contribution in [0.2, 0.25) is 0 Å². The largest absolute Gasteiger partial charge is 0.496 e. The third-order valence-electron chi connectivity index (χ3n) is 6.07. The Bertz CT molecular complexity index is 1320. The molecule has 2 heterocycles. The number of rotatable bonds is 4. The van der Waals surface area contributed by atoms with Crippen LogP contribution in [0.1, 0.15) is 22.0 Å². The summed E-state index contributed by atoms with van der Waals surface area (Å²) < 4.78 is 20.1. The van der Waals surface area contributed by atoms with E-state index in [-0.39, 0.29) is 5.69 Å². The molecule has 0 saturated carbocycles. The first-order valence-corrected chi connectivity index (χ1v) is 11.3. The normalized spacial score (nSPS) is 21.7. The minimum absolute atomic E-state index is 0.123. The predicted molar refractivity (Wildman–Crippen MR) is 125 cm³/mol. The summed E-state index contributed by atoms with van der Waals surface area (Å²) in [5.41, 5.74) is 4.19. The molecular formula is C25H19BrFN3O4. The van der Waals surface area contributed by atoms with Crippen LogP contribution in [0.25, 0.3) is 0 Å². The lowest BCUT2D eigenvalue weighted by Gasteiger charge is -2.25. The summed E-state index contributed by atoms with van der Waals surface area (Å²) in [7, 11) is 1.51. The summed E-state index contributed by atoms with van der Waals surface area (Å²) >= 11 is 3.36. The van der Waals surface area contributed by atoms with Crippen LogP contribution in [0, 0.1) is 11.7 Å². The van der Waals surface area contributed by atoms with E-state index in [0.29, 0.717) is 21.3 Å². The molecule has 0 aliphatic carbocycles. The lowest BCUT2D eigenvalue weighted by molar-refractivity contribution is -0.123. The molecule has 34 heavy (non-hydrogen) atoms. The molecule has 9 heteroatoms. The van der Waals surface area contributed by atoms with Crippen molar-refractivity contribution in [2.24, 2.45) is 5.92 Å². The van der Waals surface area contributed by atoms with Crippen molar-refractivity contribution in [3.8, 4) is 5.75 Å². The molecule has 2 saturated heterocycles. The first-order chi connectivity index (χ1) is 16.4. The van der Waals surface area contributed by atoms with Gasteiger partial charge in [0.2, 0.25) is 5.91 Å². The maximum Gasteiger partial charge on any atom is 0.268 e. The van der Waals surface area contributed by atoms with Gasteiger partial charge in [-0.1, -0.05) is 46.3 Å². The van der Waals surface area contributed by atoms with Crippen molar-refractivity contribution >= 4 is 39.3 Å².